The third-order valence-electron chi connectivity index (χ3n) is 4.44. The standard InChI is InChI=1S/C25H22N2O4/c1-3-16-26-25(29)27-20-14-15-22(21(17-20)24(28)30-2)31-23(18-10-6-4-7-11-18)19-12-8-5-9-13-19/h1,4-15,17,23H,16H2,2H3,(H2,26,27,29). The molecule has 2 amide bonds. The van der Waals surface area contributed by atoms with Crippen LogP contribution in [0.15, 0.2) is 78.9 Å². The molecule has 156 valence electrons. The molecule has 0 fully saturated rings. The summed E-state index contributed by atoms with van der Waals surface area (Å²) in [5.41, 5.74) is 2.45. The first-order valence-corrected chi connectivity index (χ1v) is 9.59. The Balaban J connectivity index is 1.95. The van der Waals surface area contributed by atoms with E-state index < -0.39 is 18.1 Å². The first-order chi connectivity index (χ1) is 15.1. The second-order valence-electron chi connectivity index (χ2n) is 6.53. The number of carbonyl (C=O) groups excluding carboxylic acids is 2. The topological polar surface area (TPSA) is 76.7 Å². The van der Waals surface area contributed by atoms with Gasteiger partial charge in [-0.3, -0.25) is 0 Å². The summed E-state index contributed by atoms with van der Waals surface area (Å²) in [6.45, 7) is 0.0900. The van der Waals surface area contributed by atoms with Crippen LogP contribution in [-0.4, -0.2) is 25.7 Å². The molecule has 0 saturated heterocycles. The van der Waals surface area contributed by atoms with Crippen molar-refractivity contribution in [3.05, 3.63) is 95.6 Å². The van der Waals surface area contributed by atoms with E-state index in [1.165, 1.54) is 13.2 Å². The zero-order chi connectivity index (χ0) is 22.1. The lowest BCUT2D eigenvalue weighted by Crippen LogP contribution is -2.28. The number of hydrogen-bond donors (Lipinski definition) is 2. The van der Waals surface area contributed by atoms with Crippen LogP contribution in [0.5, 0.6) is 5.75 Å². The average Bonchev–Trinajstić information content (AvgIpc) is 2.82. The highest BCUT2D eigenvalue weighted by Crippen LogP contribution is 2.32. The molecule has 6 heteroatoms. The maximum absolute atomic E-state index is 12.4. The monoisotopic (exact) mass is 414 g/mol. The van der Waals surface area contributed by atoms with Crippen LogP contribution in [0.4, 0.5) is 10.5 Å². The first-order valence-electron chi connectivity index (χ1n) is 9.59. The van der Waals surface area contributed by atoms with Crippen LogP contribution in [0.3, 0.4) is 0 Å². The Morgan fingerprint density at radius 3 is 2.13 bits per heavy atom. The number of esters is 1. The van der Waals surface area contributed by atoms with Gasteiger partial charge in [0.05, 0.1) is 13.7 Å². The second kappa shape index (κ2) is 10.5. The Kier molecular flexibility index (Phi) is 7.28. The van der Waals surface area contributed by atoms with Crippen molar-refractivity contribution >= 4 is 17.7 Å². The molecule has 0 aliphatic carbocycles. The second-order valence-corrected chi connectivity index (χ2v) is 6.53. The van der Waals surface area contributed by atoms with Crippen molar-refractivity contribution in [2.24, 2.45) is 0 Å². The Hall–Kier alpha value is -4.24. The van der Waals surface area contributed by atoms with Gasteiger partial charge in [0.25, 0.3) is 0 Å². The largest absolute Gasteiger partial charge is 0.480 e. The van der Waals surface area contributed by atoms with E-state index in [1.54, 1.807) is 12.1 Å². The van der Waals surface area contributed by atoms with Crippen molar-refractivity contribution in [2.45, 2.75) is 6.10 Å². The number of ether oxygens (including phenoxy) is 2. The van der Waals surface area contributed by atoms with Gasteiger partial charge >= 0.3 is 12.0 Å². The third-order valence-corrected chi connectivity index (χ3v) is 4.44. The molecule has 0 bridgehead atoms. The van der Waals surface area contributed by atoms with E-state index in [0.717, 1.165) is 11.1 Å². The van der Waals surface area contributed by atoms with Gasteiger partial charge in [0.1, 0.15) is 17.4 Å². The molecule has 31 heavy (non-hydrogen) atoms. The average molecular weight is 414 g/mol. The number of rotatable bonds is 7. The van der Waals surface area contributed by atoms with E-state index in [9.17, 15) is 9.59 Å². The van der Waals surface area contributed by atoms with E-state index in [1.807, 2.05) is 60.7 Å². The minimum absolute atomic E-state index is 0.0900. The summed E-state index contributed by atoms with van der Waals surface area (Å²) < 4.78 is 11.2. The van der Waals surface area contributed by atoms with Gasteiger partial charge in [0, 0.05) is 5.69 Å². The van der Waals surface area contributed by atoms with Gasteiger partial charge in [-0.05, 0) is 29.3 Å². The molecule has 6 nitrogen and oxygen atoms in total. The fourth-order valence-corrected chi connectivity index (χ4v) is 3.00. The fourth-order valence-electron chi connectivity index (χ4n) is 3.00. The van der Waals surface area contributed by atoms with E-state index in [0.29, 0.717) is 11.4 Å². The van der Waals surface area contributed by atoms with Gasteiger partial charge in [-0.2, -0.15) is 0 Å². The highest BCUT2D eigenvalue weighted by Gasteiger charge is 2.21. The van der Waals surface area contributed by atoms with Crippen LogP contribution in [0, 0.1) is 12.3 Å². The molecule has 0 unspecified atom stereocenters. The molecule has 0 aliphatic heterocycles. The molecule has 0 aliphatic rings. The first kappa shape index (κ1) is 21.5. The lowest BCUT2D eigenvalue weighted by molar-refractivity contribution is 0.0594. The molecular weight excluding hydrogens is 392 g/mol. The summed E-state index contributed by atoms with van der Waals surface area (Å²) in [6.07, 6.45) is 4.70. The molecule has 0 atom stereocenters. The molecule has 0 aromatic heterocycles. The van der Waals surface area contributed by atoms with Gasteiger partial charge in [0.15, 0.2) is 0 Å². The van der Waals surface area contributed by atoms with Crippen molar-refractivity contribution in [1.82, 2.24) is 5.32 Å². The lowest BCUT2D eigenvalue weighted by atomic mass is 10.0. The van der Waals surface area contributed by atoms with Gasteiger partial charge < -0.3 is 20.1 Å². The Labute approximate surface area is 181 Å². The SMILES string of the molecule is C#CCNC(=O)Nc1ccc(OC(c2ccccc2)c2ccccc2)c(C(=O)OC)c1. The Morgan fingerprint density at radius 1 is 0.968 bits per heavy atom. The molecule has 3 aromatic carbocycles. The maximum atomic E-state index is 12.4. The van der Waals surface area contributed by atoms with Crippen LogP contribution in [0.2, 0.25) is 0 Å². The number of amides is 2. The number of anilines is 1. The number of terminal acetylenes is 1. The molecule has 0 spiro atoms. The molecule has 3 aromatic rings. The van der Waals surface area contributed by atoms with Crippen molar-refractivity contribution in [2.75, 3.05) is 19.0 Å². The molecule has 0 radical (unpaired) electrons. The normalized spacial score (nSPS) is 10.1. The molecule has 0 heterocycles. The van der Waals surface area contributed by atoms with E-state index in [-0.39, 0.29) is 12.1 Å². The lowest BCUT2D eigenvalue weighted by Gasteiger charge is -2.22. The zero-order valence-corrected chi connectivity index (χ0v) is 17.0. The Bertz CT molecular complexity index is 1040. The van der Waals surface area contributed by atoms with Crippen molar-refractivity contribution < 1.29 is 19.1 Å². The van der Waals surface area contributed by atoms with E-state index >= 15 is 0 Å². The highest BCUT2D eigenvalue weighted by molar-refractivity contribution is 5.96. The summed E-state index contributed by atoms with van der Waals surface area (Å²) in [6, 6.07) is 23.7. The van der Waals surface area contributed by atoms with Crippen LogP contribution in [0.25, 0.3) is 0 Å². The third kappa shape index (κ3) is 5.64. The van der Waals surface area contributed by atoms with Gasteiger partial charge in [0.2, 0.25) is 0 Å². The summed E-state index contributed by atoms with van der Waals surface area (Å²) in [7, 11) is 1.29. The molecule has 3 rings (SSSR count). The predicted molar refractivity (Wildman–Crippen MR) is 119 cm³/mol. The van der Waals surface area contributed by atoms with Crippen LogP contribution in [0.1, 0.15) is 27.6 Å². The number of methoxy groups -OCH3 is 1. The van der Waals surface area contributed by atoms with Crippen LogP contribution >= 0.6 is 0 Å². The fraction of sp³-hybridized carbons (Fsp3) is 0.120. The van der Waals surface area contributed by atoms with Gasteiger partial charge in [-0.15, -0.1) is 6.42 Å². The quantitative estimate of drug-likeness (QED) is 0.444. The maximum Gasteiger partial charge on any atom is 0.341 e. The summed E-state index contributed by atoms with van der Waals surface area (Å²) in [5.74, 6) is 2.07. The smallest absolute Gasteiger partial charge is 0.341 e. The zero-order valence-electron chi connectivity index (χ0n) is 17.0. The predicted octanol–water partition coefficient (Wildman–Crippen LogP) is 4.40. The summed E-state index contributed by atoms with van der Waals surface area (Å²) in [5, 5.41) is 5.13. The molecule has 2 N–H and O–H groups in total. The van der Waals surface area contributed by atoms with Crippen LogP contribution < -0.4 is 15.4 Å². The molecule has 0 saturated carbocycles. The minimum Gasteiger partial charge on any atom is -0.480 e. The minimum atomic E-state index is -0.581. The van der Waals surface area contributed by atoms with Crippen LogP contribution in [-0.2, 0) is 4.74 Å². The molecular formula is C25H22N2O4. The number of carbonyl (C=O) groups is 2. The highest BCUT2D eigenvalue weighted by atomic mass is 16.5. The Morgan fingerprint density at radius 2 is 1.58 bits per heavy atom. The van der Waals surface area contributed by atoms with Crippen molar-refractivity contribution in [3.8, 4) is 18.1 Å². The number of hydrogen-bond acceptors (Lipinski definition) is 4. The van der Waals surface area contributed by atoms with E-state index in [4.69, 9.17) is 15.9 Å². The van der Waals surface area contributed by atoms with Crippen molar-refractivity contribution in [1.29, 1.82) is 0 Å². The number of urea groups is 1. The van der Waals surface area contributed by atoms with E-state index in [2.05, 4.69) is 16.6 Å². The van der Waals surface area contributed by atoms with Crippen molar-refractivity contribution in [3.63, 3.8) is 0 Å². The summed E-state index contributed by atoms with van der Waals surface area (Å²) >= 11 is 0. The number of benzene rings is 3. The summed E-state index contributed by atoms with van der Waals surface area (Å²) in [4.78, 5) is 24.3. The van der Waals surface area contributed by atoms with Gasteiger partial charge in [-0.25, -0.2) is 9.59 Å². The number of nitrogens with one attached hydrogen (secondary N) is 2. The van der Waals surface area contributed by atoms with Gasteiger partial charge in [-0.1, -0.05) is 66.6 Å².